The van der Waals surface area contributed by atoms with Crippen LogP contribution in [0.1, 0.15) is 53.9 Å². The molecule has 1 aliphatic rings. The maximum Gasteiger partial charge on any atom is 0.254 e. The van der Waals surface area contributed by atoms with Crippen molar-refractivity contribution in [3.8, 4) is 0 Å². The Labute approximate surface area is 177 Å². The Kier molecular flexibility index (Phi) is 6.04. The first kappa shape index (κ1) is 20.4. The van der Waals surface area contributed by atoms with Crippen molar-refractivity contribution >= 4 is 22.5 Å². The van der Waals surface area contributed by atoms with Crippen molar-refractivity contribution in [1.29, 1.82) is 0 Å². The fourth-order valence-electron chi connectivity index (χ4n) is 4.26. The van der Waals surface area contributed by atoms with Crippen molar-refractivity contribution in [2.45, 2.75) is 46.4 Å². The average Bonchev–Trinajstić information content (AvgIpc) is 3.36. The smallest absolute Gasteiger partial charge is 0.254 e. The van der Waals surface area contributed by atoms with Crippen LogP contribution in [0.2, 0.25) is 0 Å². The summed E-state index contributed by atoms with van der Waals surface area (Å²) in [6.07, 6.45) is 2.26. The molecule has 1 aliphatic heterocycles. The van der Waals surface area contributed by atoms with E-state index in [0.29, 0.717) is 25.3 Å². The molecule has 2 heterocycles. The first-order chi connectivity index (χ1) is 14.6. The molecule has 0 bridgehead atoms. The number of methoxy groups -OCH3 is 1. The zero-order valence-corrected chi connectivity index (χ0v) is 18.1. The monoisotopic (exact) mass is 406 g/mol. The van der Waals surface area contributed by atoms with Gasteiger partial charge in [0.2, 0.25) is 0 Å². The fraction of sp³-hybridized carbons (Fsp3) is 0.417. The Morgan fingerprint density at radius 3 is 2.60 bits per heavy atom. The molecule has 0 atom stereocenters. The molecule has 158 valence electrons. The molecule has 0 saturated heterocycles. The number of rotatable bonds is 8. The van der Waals surface area contributed by atoms with E-state index in [1.54, 1.807) is 7.11 Å². The number of nitrogens with zero attached hydrogens (tertiary/aromatic N) is 3. The summed E-state index contributed by atoms with van der Waals surface area (Å²) in [5.74, 6) is 0.0539. The minimum Gasteiger partial charge on any atom is -0.378 e. The van der Waals surface area contributed by atoms with Crippen molar-refractivity contribution in [2.75, 3.05) is 25.1 Å². The topological polar surface area (TPSA) is 61.5 Å². The lowest BCUT2D eigenvalue weighted by molar-refractivity contribution is 0.0751. The number of benzene rings is 2. The van der Waals surface area contributed by atoms with Gasteiger partial charge in [0.25, 0.3) is 5.91 Å². The molecule has 6 nitrogen and oxygen atoms in total. The summed E-state index contributed by atoms with van der Waals surface area (Å²) in [5, 5.41) is 8.23. The van der Waals surface area contributed by atoms with Gasteiger partial charge in [-0.15, -0.1) is 0 Å². The molecule has 3 aromatic rings. The molecule has 1 amide bonds. The first-order valence-electron chi connectivity index (χ1n) is 10.8. The van der Waals surface area contributed by atoms with Crippen LogP contribution < -0.4 is 4.90 Å². The van der Waals surface area contributed by atoms with Crippen LogP contribution >= 0.6 is 0 Å². The lowest BCUT2D eigenvalue weighted by atomic mass is 10.1. The maximum absolute atomic E-state index is 13.2. The van der Waals surface area contributed by atoms with Gasteiger partial charge in [0.1, 0.15) is 0 Å². The highest BCUT2D eigenvalue weighted by Crippen LogP contribution is 2.29. The molecule has 0 radical (unpaired) electrons. The number of aromatic nitrogens is 2. The molecule has 1 N–H and O–H groups in total. The molecule has 0 saturated carbocycles. The highest BCUT2D eigenvalue weighted by atomic mass is 16.5. The Bertz CT molecular complexity index is 1040. The number of carbonyl (C=O) groups is 1. The van der Waals surface area contributed by atoms with Gasteiger partial charge in [-0.2, -0.15) is 5.10 Å². The van der Waals surface area contributed by atoms with E-state index >= 15 is 0 Å². The quantitative estimate of drug-likeness (QED) is 0.599. The van der Waals surface area contributed by atoms with Gasteiger partial charge in [-0.3, -0.25) is 9.89 Å². The Hall–Kier alpha value is -2.86. The molecule has 30 heavy (non-hydrogen) atoms. The predicted molar refractivity (Wildman–Crippen MR) is 120 cm³/mol. The second kappa shape index (κ2) is 8.88. The molecule has 1 aromatic heterocycles. The van der Waals surface area contributed by atoms with E-state index in [2.05, 4.69) is 47.1 Å². The van der Waals surface area contributed by atoms with Crippen LogP contribution in [0.4, 0.5) is 5.69 Å². The highest BCUT2D eigenvalue weighted by Gasteiger charge is 2.25. The van der Waals surface area contributed by atoms with Crippen LogP contribution in [-0.2, 0) is 24.4 Å². The Morgan fingerprint density at radius 2 is 1.87 bits per heavy atom. The highest BCUT2D eigenvalue weighted by molar-refractivity contribution is 5.98. The fourth-order valence-corrected chi connectivity index (χ4v) is 4.26. The summed E-state index contributed by atoms with van der Waals surface area (Å²) in [5.41, 5.74) is 6.18. The van der Waals surface area contributed by atoms with Gasteiger partial charge < -0.3 is 14.5 Å². The number of fused-ring (bicyclic) bond motifs is 2. The summed E-state index contributed by atoms with van der Waals surface area (Å²) >= 11 is 0. The van der Waals surface area contributed by atoms with Crippen LogP contribution in [0.15, 0.2) is 36.4 Å². The summed E-state index contributed by atoms with van der Waals surface area (Å²) < 4.78 is 5.23. The molecule has 0 aliphatic carbocycles. The number of hydrogen-bond donors (Lipinski definition) is 1. The second-order valence-corrected chi connectivity index (χ2v) is 7.97. The van der Waals surface area contributed by atoms with Gasteiger partial charge in [0.15, 0.2) is 0 Å². The van der Waals surface area contributed by atoms with Crippen molar-refractivity contribution in [1.82, 2.24) is 15.1 Å². The van der Waals surface area contributed by atoms with Crippen LogP contribution in [0, 0.1) is 0 Å². The van der Waals surface area contributed by atoms with E-state index in [9.17, 15) is 4.79 Å². The predicted octanol–water partition coefficient (Wildman–Crippen LogP) is 4.49. The third kappa shape index (κ3) is 3.92. The minimum atomic E-state index is 0.0539. The molecule has 2 aromatic carbocycles. The second-order valence-electron chi connectivity index (χ2n) is 7.97. The molecular formula is C24H30N4O2. The number of amides is 1. The summed E-state index contributed by atoms with van der Waals surface area (Å²) in [6, 6.07) is 12.3. The number of H-pyrrole nitrogens is 1. The standard InChI is InChI=1S/C24H30N4O2/c1-4-10-27(11-5-2)20-8-6-18-14-28(15-19(18)12-20)24(29)17-7-9-22-21(13-17)23(16-30-3)26-25-22/h6-9,12-13H,4-5,10-11,14-16H2,1-3H3,(H,25,26). The minimum absolute atomic E-state index is 0.0539. The lowest BCUT2D eigenvalue weighted by Gasteiger charge is -2.24. The van der Waals surface area contributed by atoms with E-state index in [1.165, 1.54) is 16.8 Å². The largest absolute Gasteiger partial charge is 0.378 e. The molecular weight excluding hydrogens is 376 g/mol. The zero-order chi connectivity index (χ0) is 21.1. The van der Waals surface area contributed by atoms with Crippen LogP contribution in [-0.4, -0.2) is 41.2 Å². The van der Waals surface area contributed by atoms with E-state index in [4.69, 9.17) is 4.74 Å². The van der Waals surface area contributed by atoms with Crippen LogP contribution in [0.3, 0.4) is 0 Å². The number of anilines is 1. The molecule has 0 fully saturated rings. The molecule has 0 spiro atoms. The van der Waals surface area contributed by atoms with E-state index in [-0.39, 0.29) is 5.91 Å². The average molecular weight is 407 g/mol. The van der Waals surface area contributed by atoms with Crippen LogP contribution in [0.25, 0.3) is 10.9 Å². The van der Waals surface area contributed by atoms with Gasteiger partial charge in [0, 0.05) is 49.9 Å². The van der Waals surface area contributed by atoms with Gasteiger partial charge >= 0.3 is 0 Å². The van der Waals surface area contributed by atoms with Crippen molar-refractivity contribution in [2.24, 2.45) is 0 Å². The number of nitrogens with one attached hydrogen (secondary N) is 1. The third-order valence-electron chi connectivity index (χ3n) is 5.72. The van der Waals surface area contributed by atoms with E-state index in [1.807, 2.05) is 23.1 Å². The zero-order valence-electron chi connectivity index (χ0n) is 18.1. The van der Waals surface area contributed by atoms with Gasteiger partial charge in [0.05, 0.1) is 17.8 Å². The molecule has 0 unspecified atom stereocenters. The van der Waals surface area contributed by atoms with Gasteiger partial charge in [-0.1, -0.05) is 19.9 Å². The normalized spacial score (nSPS) is 13.1. The van der Waals surface area contributed by atoms with Crippen molar-refractivity contribution in [3.05, 3.63) is 58.8 Å². The lowest BCUT2D eigenvalue weighted by Crippen LogP contribution is -2.25. The molecule has 4 rings (SSSR count). The maximum atomic E-state index is 13.2. The molecule has 6 heteroatoms. The Morgan fingerprint density at radius 1 is 1.10 bits per heavy atom. The Balaban J connectivity index is 1.54. The summed E-state index contributed by atoms with van der Waals surface area (Å²) in [7, 11) is 1.65. The van der Waals surface area contributed by atoms with E-state index in [0.717, 1.165) is 42.5 Å². The number of hydrogen-bond acceptors (Lipinski definition) is 4. The van der Waals surface area contributed by atoms with Gasteiger partial charge in [-0.05, 0) is 54.3 Å². The van der Waals surface area contributed by atoms with Crippen molar-refractivity contribution in [3.63, 3.8) is 0 Å². The van der Waals surface area contributed by atoms with Gasteiger partial charge in [-0.25, -0.2) is 0 Å². The SMILES string of the molecule is CCCN(CCC)c1ccc2c(c1)CN(C(=O)c1ccc3n[nH]c(COC)c3c1)C2. The summed E-state index contributed by atoms with van der Waals surface area (Å²) in [6.45, 7) is 8.30. The third-order valence-corrected chi connectivity index (χ3v) is 5.72. The number of ether oxygens (including phenoxy) is 1. The number of carbonyl (C=O) groups excluding carboxylic acids is 1. The first-order valence-corrected chi connectivity index (χ1v) is 10.8. The van der Waals surface area contributed by atoms with Crippen LogP contribution in [0.5, 0.6) is 0 Å². The summed E-state index contributed by atoms with van der Waals surface area (Å²) in [4.78, 5) is 17.6. The van der Waals surface area contributed by atoms with E-state index < -0.39 is 0 Å². The number of aromatic amines is 1. The van der Waals surface area contributed by atoms with Crippen molar-refractivity contribution < 1.29 is 9.53 Å².